The van der Waals surface area contributed by atoms with Crippen molar-refractivity contribution in [1.29, 1.82) is 0 Å². The van der Waals surface area contributed by atoms with Crippen molar-refractivity contribution in [3.63, 3.8) is 0 Å². The molecule has 0 aliphatic carbocycles. The van der Waals surface area contributed by atoms with Gasteiger partial charge in [-0.2, -0.15) is 0 Å². The van der Waals surface area contributed by atoms with Crippen molar-refractivity contribution in [3.05, 3.63) is 41.3 Å². The number of aromatic nitrogens is 1. The van der Waals surface area contributed by atoms with Gasteiger partial charge in [0.15, 0.2) is 9.84 Å². The van der Waals surface area contributed by atoms with E-state index >= 15 is 0 Å². The van der Waals surface area contributed by atoms with Crippen molar-refractivity contribution in [2.75, 3.05) is 12.8 Å². The van der Waals surface area contributed by atoms with Gasteiger partial charge in [-0.1, -0.05) is 6.07 Å². The van der Waals surface area contributed by atoms with Crippen LogP contribution in [0.2, 0.25) is 0 Å². The summed E-state index contributed by atoms with van der Waals surface area (Å²) < 4.78 is 37.2. The first-order valence-corrected chi connectivity index (χ1v) is 11.1. The maximum absolute atomic E-state index is 14.1. The number of sulfone groups is 1. The second-order valence-corrected chi connectivity index (χ2v) is 9.42. The molecule has 0 saturated carbocycles. The first-order chi connectivity index (χ1) is 12.3. The lowest BCUT2D eigenvalue weighted by Gasteiger charge is -2.13. The smallest absolute Gasteiger partial charge is 0.222 e. The first-order valence-electron chi connectivity index (χ1n) is 8.35. The van der Waals surface area contributed by atoms with Crippen molar-refractivity contribution in [2.45, 2.75) is 37.5 Å². The molecule has 26 heavy (non-hydrogen) atoms. The number of hydrogen-bond acceptors (Lipinski definition) is 5. The van der Waals surface area contributed by atoms with Crippen LogP contribution in [0.5, 0.6) is 0 Å². The summed E-state index contributed by atoms with van der Waals surface area (Å²) in [6.45, 7) is 4.56. The molecular formula is C18H20FN2O3S2. The van der Waals surface area contributed by atoms with Gasteiger partial charge in [-0.3, -0.25) is 4.79 Å². The van der Waals surface area contributed by atoms with Crippen molar-refractivity contribution in [1.82, 2.24) is 9.88 Å². The van der Waals surface area contributed by atoms with Gasteiger partial charge in [0.25, 0.3) is 0 Å². The molecular weight excluding hydrogens is 375 g/mol. The number of carbonyl (C=O) groups excluding carboxylic acids is 1. The zero-order valence-electron chi connectivity index (χ0n) is 14.7. The molecule has 5 nitrogen and oxygen atoms in total. The van der Waals surface area contributed by atoms with Gasteiger partial charge >= 0.3 is 0 Å². The molecule has 1 aliphatic rings. The number of halogens is 1. The molecule has 1 aromatic carbocycles. The molecule has 0 bridgehead atoms. The summed E-state index contributed by atoms with van der Waals surface area (Å²) >= 11 is 1.47. The molecule has 2 aromatic rings. The van der Waals surface area contributed by atoms with E-state index in [9.17, 15) is 17.6 Å². The molecule has 0 spiro atoms. The van der Waals surface area contributed by atoms with E-state index in [-0.39, 0.29) is 10.8 Å². The number of aryl methyl sites for hydroxylation is 2. The fourth-order valence-corrected chi connectivity index (χ4v) is 4.78. The van der Waals surface area contributed by atoms with E-state index in [1.807, 2.05) is 13.5 Å². The highest BCUT2D eigenvalue weighted by Crippen LogP contribution is 2.32. The summed E-state index contributed by atoms with van der Waals surface area (Å²) in [5.41, 5.74) is 1.41. The standard InChI is InChI=1S/C18H20FN2O3S2/c1-12-18(13-7-8-15(14(19)11-13)26(2,23)24)25-16(20-12)5-3-9-21-10-4-6-17(21)22/h7-9,11H,3-6,10H2,1-2H3. The molecule has 8 heteroatoms. The fourth-order valence-electron chi connectivity index (χ4n) is 2.98. The van der Waals surface area contributed by atoms with Gasteiger partial charge < -0.3 is 4.90 Å². The van der Waals surface area contributed by atoms with Crippen LogP contribution in [0.1, 0.15) is 30.0 Å². The second-order valence-electron chi connectivity index (χ2n) is 6.35. The number of hydrogen-bond donors (Lipinski definition) is 0. The van der Waals surface area contributed by atoms with Crippen molar-refractivity contribution in [3.8, 4) is 10.4 Å². The van der Waals surface area contributed by atoms with E-state index in [0.717, 1.165) is 41.2 Å². The van der Waals surface area contributed by atoms with Crippen LogP contribution in [0.4, 0.5) is 4.39 Å². The molecule has 1 amide bonds. The van der Waals surface area contributed by atoms with Gasteiger partial charge in [-0.25, -0.2) is 17.8 Å². The van der Waals surface area contributed by atoms with Gasteiger partial charge in [-0.05, 0) is 37.5 Å². The third-order valence-electron chi connectivity index (χ3n) is 4.25. The Morgan fingerprint density at radius 2 is 2.15 bits per heavy atom. The molecule has 2 heterocycles. The van der Waals surface area contributed by atoms with Gasteiger partial charge in [0, 0.05) is 25.6 Å². The lowest BCUT2D eigenvalue weighted by molar-refractivity contribution is -0.126. The minimum Gasteiger partial charge on any atom is -0.338 e. The van der Waals surface area contributed by atoms with E-state index < -0.39 is 15.7 Å². The number of benzene rings is 1. The predicted molar refractivity (Wildman–Crippen MR) is 98.9 cm³/mol. The van der Waals surface area contributed by atoms with E-state index in [0.29, 0.717) is 18.4 Å². The Morgan fingerprint density at radius 1 is 1.38 bits per heavy atom. The maximum Gasteiger partial charge on any atom is 0.222 e. The lowest BCUT2D eigenvalue weighted by Crippen LogP contribution is -2.21. The molecule has 139 valence electrons. The summed E-state index contributed by atoms with van der Waals surface area (Å²) in [7, 11) is -3.59. The van der Waals surface area contributed by atoms with Gasteiger partial charge in [0.2, 0.25) is 5.91 Å². The van der Waals surface area contributed by atoms with Gasteiger partial charge in [0.1, 0.15) is 10.7 Å². The number of rotatable bonds is 6. The largest absolute Gasteiger partial charge is 0.338 e. The number of nitrogens with zero attached hydrogens (tertiary/aromatic N) is 2. The Labute approximate surface area is 156 Å². The van der Waals surface area contributed by atoms with Crippen LogP contribution in [-0.4, -0.2) is 37.0 Å². The van der Waals surface area contributed by atoms with Crippen LogP contribution >= 0.6 is 11.3 Å². The van der Waals surface area contributed by atoms with Crippen molar-refractivity contribution >= 4 is 27.1 Å². The van der Waals surface area contributed by atoms with Crippen LogP contribution in [0.3, 0.4) is 0 Å². The van der Waals surface area contributed by atoms with Crippen LogP contribution in [0.25, 0.3) is 10.4 Å². The average Bonchev–Trinajstić information content (AvgIpc) is 3.12. The van der Waals surface area contributed by atoms with Gasteiger partial charge in [0.05, 0.1) is 22.1 Å². The Morgan fingerprint density at radius 3 is 2.77 bits per heavy atom. The molecule has 0 unspecified atom stereocenters. The molecule has 1 radical (unpaired) electrons. The normalized spacial score (nSPS) is 15.0. The van der Waals surface area contributed by atoms with Gasteiger partial charge in [-0.15, -0.1) is 11.3 Å². The third kappa shape index (κ3) is 4.12. The van der Waals surface area contributed by atoms with Crippen LogP contribution in [0.15, 0.2) is 23.1 Å². The Hall–Kier alpha value is -1.80. The zero-order chi connectivity index (χ0) is 18.9. The molecule has 1 aromatic heterocycles. The number of amides is 1. The number of likely N-dealkylation sites (tertiary alicyclic amines) is 1. The van der Waals surface area contributed by atoms with E-state index in [2.05, 4.69) is 4.98 Å². The highest BCUT2D eigenvalue weighted by atomic mass is 32.2. The van der Waals surface area contributed by atoms with Crippen LogP contribution < -0.4 is 0 Å². The zero-order valence-corrected chi connectivity index (χ0v) is 16.3. The number of carbonyl (C=O) groups is 1. The van der Waals surface area contributed by atoms with E-state index in [1.54, 1.807) is 11.0 Å². The fraction of sp³-hybridized carbons (Fsp3) is 0.389. The summed E-state index contributed by atoms with van der Waals surface area (Å²) in [5.74, 6) is -0.581. The molecule has 1 saturated heterocycles. The van der Waals surface area contributed by atoms with E-state index in [1.165, 1.54) is 23.5 Å². The summed E-state index contributed by atoms with van der Waals surface area (Å²) in [4.78, 5) is 18.4. The SMILES string of the molecule is Cc1nc(CC[CH]N2CCCC2=O)sc1-c1ccc(S(C)(=O)=O)c(F)c1. The number of thiazole rings is 1. The van der Waals surface area contributed by atoms with Crippen molar-refractivity contribution < 1.29 is 17.6 Å². The summed E-state index contributed by atoms with van der Waals surface area (Å²) in [5, 5.41) is 0.910. The summed E-state index contributed by atoms with van der Waals surface area (Å²) in [6, 6.07) is 4.15. The summed E-state index contributed by atoms with van der Waals surface area (Å²) in [6.07, 6.45) is 3.94. The predicted octanol–water partition coefficient (Wildman–Crippen LogP) is 3.38. The highest BCUT2D eigenvalue weighted by Gasteiger charge is 2.20. The van der Waals surface area contributed by atoms with Crippen molar-refractivity contribution in [2.24, 2.45) is 0 Å². The average molecular weight is 396 g/mol. The maximum atomic E-state index is 14.1. The van der Waals surface area contributed by atoms with Crippen LogP contribution in [0, 0.1) is 19.3 Å². The Kier molecular flexibility index (Phi) is 5.43. The minimum atomic E-state index is -3.59. The third-order valence-corrected chi connectivity index (χ3v) is 6.65. The molecule has 1 aliphatic heterocycles. The van der Waals surface area contributed by atoms with E-state index in [4.69, 9.17) is 0 Å². The molecule has 3 rings (SSSR count). The highest BCUT2D eigenvalue weighted by molar-refractivity contribution is 7.90. The molecule has 0 atom stereocenters. The quantitative estimate of drug-likeness (QED) is 0.752. The molecule has 0 N–H and O–H groups in total. The first kappa shape index (κ1) is 19.0. The topological polar surface area (TPSA) is 67.3 Å². The lowest BCUT2D eigenvalue weighted by atomic mass is 10.1. The van der Waals surface area contributed by atoms with Crippen LogP contribution in [-0.2, 0) is 21.1 Å². The Bertz CT molecular complexity index is 938. The second kappa shape index (κ2) is 7.44. The molecule has 1 fully saturated rings. The Balaban J connectivity index is 1.72. The monoisotopic (exact) mass is 395 g/mol. The minimum absolute atomic E-state index is 0.169.